The van der Waals surface area contributed by atoms with Crippen LogP contribution in [-0.4, -0.2) is 25.8 Å². The maximum atomic E-state index is 13.7. The van der Waals surface area contributed by atoms with Crippen molar-refractivity contribution in [3.63, 3.8) is 0 Å². The molecule has 31 heavy (non-hydrogen) atoms. The Morgan fingerprint density at radius 3 is 2.77 bits per heavy atom. The fraction of sp³-hybridized carbons (Fsp3) is 0.143. The van der Waals surface area contributed by atoms with Crippen LogP contribution in [-0.2, 0) is 12.8 Å². The zero-order valence-corrected chi connectivity index (χ0v) is 16.0. The molecule has 0 atom stereocenters. The third kappa shape index (κ3) is 3.41. The number of anilines is 1. The molecule has 8 nitrogen and oxygen atoms in total. The molecule has 5 rings (SSSR count). The van der Waals surface area contributed by atoms with Crippen molar-refractivity contribution in [3.8, 4) is 17.1 Å². The van der Waals surface area contributed by atoms with E-state index in [1.807, 2.05) is 0 Å². The van der Waals surface area contributed by atoms with Crippen LogP contribution in [0.5, 0.6) is 0 Å². The van der Waals surface area contributed by atoms with Crippen LogP contribution in [0.3, 0.4) is 0 Å². The van der Waals surface area contributed by atoms with Gasteiger partial charge < -0.3 is 5.32 Å². The molecule has 1 aliphatic carbocycles. The predicted octanol–water partition coefficient (Wildman–Crippen LogP) is 3.23. The zero-order valence-electron chi connectivity index (χ0n) is 16.0. The van der Waals surface area contributed by atoms with E-state index in [2.05, 4.69) is 25.1 Å². The summed E-state index contributed by atoms with van der Waals surface area (Å²) < 4.78 is 33.0. The highest BCUT2D eigenvalue weighted by Crippen LogP contribution is 2.29. The van der Waals surface area contributed by atoms with Gasteiger partial charge in [0.25, 0.3) is 5.91 Å². The minimum atomic E-state index is -0.978. The van der Waals surface area contributed by atoms with Crippen molar-refractivity contribution in [1.29, 1.82) is 0 Å². The Labute approximate surface area is 173 Å². The number of H-pyrrole nitrogens is 1. The smallest absolute Gasteiger partial charge is 0.321 e. The molecule has 0 unspecified atom stereocenters. The average Bonchev–Trinajstić information content (AvgIpc) is 3.47. The standard InChI is InChI=1S/C21H15F2N5O3/c22-15-8-7-13(10-16(15)23)28-17-6-2-5-14(17)18(26-28)20(29)24-12-4-1-3-11(9-12)19-25-21(30)31-27-19/h1,3-4,7-10H,2,5-6H2,(H,24,29)(H,25,27,30). The molecule has 0 bridgehead atoms. The van der Waals surface area contributed by atoms with Crippen molar-refractivity contribution in [3.05, 3.63) is 81.6 Å². The second kappa shape index (κ2) is 7.31. The molecule has 0 saturated heterocycles. The van der Waals surface area contributed by atoms with E-state index >= 15 is 0 Å². The van der Waals surface area contributed by atoms with Crippen LogP contribution in [0.25, 0.3) is 17.1 Å². The number of amides is 1. The lowest BCUT2D eigenvalue weighted by atomic mass is 10.1. The fourth-order valence-corrected chi connectivity index (χ4v) is 3.74. The number of halogens is 2. The lowest BCUT2D eigenvalue weighted by Crippen LogP contribution is -2.15. The van der Waals surface area contributed by atoms with Gasteiger partial charge in [-0.2, -0.15) is 5.10 Å². The number of carbonyl (C=O) groups excluding carboxylic acids is 1. The molecule has 0 aliphatic heterocycles. The van der Waals surface area contributed by atoms with Crippen LogP contribution in [0.2, 0.25) is 0 Å². The van der Waals surface area contributed by atoms with Gasteiger partial charge in [0.2, 0.25) is 0 Å². The van der Waals surface area contributed by atoms with Crippen LogP contribution in [0.4, 0.5) is 14.5 Å². The molecular formula is C21H15F2N5O3. The summed E-state index contributed by atoms with van der Waals surface area (Å²) >= 11 is 0. The SMILES string of the molecule is O=C(Nc1cccc(-c2noc(=O)[nH]2)c1)c1nn(-c2ccc(F)c(F)c2)c2c1CCC2. The predicted molar refractivity (Wildman–Crippen MR) is 106 cm³/mol. The molecule has 0 saturated carbocycles. The number of carbonyl (C=O) groups is 1. The summed E-state index contributed by atoms with van der Waals surface area (Å²) in [6, 6.07) is 10.2. The summed E-state index contributed by atoms with van der Waals surface area (Å²) in [5.41, 5.74) is 3.22. The summed E-state index contributed by atoms with van der Waals surface area (Å²) in [5, 5.41) is 10.8. The normalized spacial score (nSPS) is 12.7. The fourth-order valence-electron chi connectivity index (χ4n) is 3.74. The molecule has 2 heterocycles. The maximum Gasteiger partial charge on any atom is 0.439 e. The van der Waals surface area contributed by atoms with Gasteiger partial charge >= 0.3 is 5.76 Å². The number of hydrogen-bond donors (Lipinski definition) is 2. The van der Waals surface area contributed by atoms with Gasteiger partial charge in [-0.05, 0) is 43.5 Å². The summed E-state index contributed by atoms with van der Waals surface area (Å²) in [5.74, 6) is -2.79. The Balaban J connectivity index is 1.47. The molecule has 1 aliphatic rings. The number of fused-ring (bicyclic) bond motifs is 1. The molecule has 2 aromatic carbocycles. The monoisotopic (exact) mass is 423 g/mol. The highest BCUT2D eigenvalue weighted by molar-refractivity contribution is 6.04. The van der Waals surface area contributed by atoms with Crippen molar-refractivity contribution in [1.82, 2.24) is 19.9 Å². The van der Waals surface area contributed by atoms with Crippen LogP contribution in [0, 0.1) is 11.6 Å². The summed E-state index contributed by atoms with van der Waals surface area (Å²) in [7, 11) is 0. The Morgan fingerprint density at radius 2 is 2.00 bits per heavy atom. The first kappa shape index (κ1) is 18.9. The van der Waals surface area contributed by atoms with Crippen molar-refractivity contribution in [2.75, 3.05) is 5.32 Å². The first-order valence-corrected chi connectivity index (χ1v) is 9.53. The van der Waals surface area contributed by atoms with E-state index in [9.17, 15) is 18.4 Å². The van der Waals surface area contributed by atoms with Crippen LogP contribution < -0.4 is 11.1 Å². The Hall–Kier alpha value is -4.08. The van der Waals surface area contributed by atoms with E-state index in [1.54, 1.807) is 24.3 Å². The van der Waals surface area contributed by atoms with E-state index in [1.165, 1.54) is 10.7 Å². The number of aromatic amines is 1. The number of aromatic nitrogens is 4. The molecule has 0 radical (unpaired) electrons. The maximum absolute atomic E-state index is 13.7. The van der Waals surface area contributed by atoms with Crippen LogP contribution >= 0.6 is 0 Å². The van der Waals surface area contributed by atoms with E-state index in [0.29, 0.717) is 29.8 Å². The molecule has 10 heteroatoms. The van der Waals surface area contributed by atoms with Crippen LogP contribution in [0.1, 0.15) is 28.2 Å². The average molecular weight is 423 g/mol. The second-order valence-corrected chi connectivity index (χ2v) is 7.12. The zero-order chi connectivity index (χ0) is 21.5. The van der Waals surface area contributed by atoms with Gasteiger partial charge in [0.15, 0.2) is 23.2 Å². The molecule has 1 amide bonds. The van der Waals surface area contributed by atoms with Gasteiger partial charge in [0, 0.05) is 28.6 Å². The third-order valence-electron chi connectivity index (χ3n) is 5.13. The van der Waals surface area contributed by atoms with Gasteiger partial charge in [-0.3, -0.25) is 14.3 Å². The minimum absolute atomic E-state index is 0.234. The number of nitrogens with one attached hydrogen (secondary N) is 2. The lowest BCUT2D eigenvalue weighted by molar-refractivity contribution is 0.102. The molecule has 4 aromatic rings. The Kier molecular flexibility index (Phi) is 4.46. The molecule has 0 fully saturated rings. The van der Waals surface area contributed by atoms with Crippen molar-refractivity contribution in [2.24, 2.45) is 0 Å². The molecular weight excluding hydrogens is 408 g/mol. The summed E-state index contributed by atoms with van der Waals surface area (Å²) in [4.78, 5) is 26.6. The van der Waals surface area contributed by atoms with Crippen LogP contribution in [0.15, 0.2) is 51.8 Å². The van der Waals surface area contributed by atoms with E-state index in [0.717, 1.165) is 29.8 Å². The van der Waals surface area contributed by atoms with Crippen molar-refractivity contribution in [2.45, 2.75) is 19.3 Å². The van der Waals surface area contributed by atoms with Crippen molar-refractivity contribution < 1.29 is 18.1 Å². The van der Waals surface area contributed by atoms with Gasteiger partial charge in [-0.1, -0.05) is 17.3 Å². The third-order valence-corrected chi connectivity index (χ3v) is 5.13. The van der Waals surface area contributed by atoms with Gasteiger partial charge in [-0.25, -0.2) is 18.3 Å². The van der Waals surface area contributed by atoms with Gasteiger partial charge in [0.1, 0.15) is 0 Å². The molecule has 0 spiro atoms. The number of rotatable bonds is 4. The molecule has 156 valence electrons. The van der Waals surface area contributed by atoms with Gasteiger partial charge in [-0.15, -0.1) is 0 Å². The number of hydrogen-bond acceptors (Lipinski definition) is 5. The highest BCUT2D eigenvalue weighted by Gasteiger charge is 2.27. The molecule has 2 N–H and O–H groups in total. The van der Waals surface area contributed by atoms with E-state index in [4.69, 9.17) is 0 Å². The van der Waals surface area contributed by atoms with E-state index in [-0.39, 0.29) is 11.5 Å². The van der Waals surface area contributed by atoms with Crippen molar-refractivity contribution >= 4 is 11.6 Å². The van der Waals surface area contributed by atoms with E-state index < -0.39 is 23.3 Å². The number of nitrogens with zero attached hydrogens (tertiary/aromatic N) is 3. The Bertz CT molecular complexity index is 1370. The highest BCUT2D eigenvalue weighted by atomic mass is 19.2. The largest absolute Gasteiger partial charge is 0.439 e. The second-order valence-electron chi connectivity index (χ2n) is 7.12. The topological polar surface area (TPSA) is 106 Å². The molecule has 2 aromatic heterocycles. The van der Waals surface area contributed by atoms with Gasteiger partial charge in [0.05, 0.1) is 5.69 Å². The first-order chi connectivity index (χ1) is 15.0. The number of benzene rings is 2. The Morgan fingerprint density at radius 1 is 1.13 bits per heavy atom. The minimum Gasteiger partial charge on any atom is -0.321 e. The quantitative estimate of drug-likeness (QED) is 0.524. The lowest BCUT2D eigenvalue weighted by Gasteiger charge is -2.07. The summed E-state index contributed by atoms with van der Waals surface area (Å²) in [6.45, 7) is 0. The first-order valence-electron chi connectivity index (χ1n) is 9.53. The summed E-state index contributed by atoms with van der Waals surface area (Å²) in [6.07, 6.45) is 2.19.